The molecule has 0 unspecified atom stereocenters. The van der Waals surface area contributed by atoms with Crippen LogP contribution in [0.25, 0.3) is 0 Å². The van der Waals surface area contributed by atoms with Crippen molar-refractivity contribution in [3.05, 3.63) is 60.1 Å². The van der Waals surface area contributed by atoms with Crippen molar-refractivity contribution < 1.29 is 9.21 Å². The number of carbonyl (C=O) groups excluding carboxylic acids is 1. The number of nitrogens with two attached hydrogens (primary N) is 1. The highest BCUT2D eigenvalue weighted by Gasteiger charge is 2.14. The van der Waals surface area contributed by atoms with Crippen molar-refractivity contribution in [2.45, 2.75) is 6.54 Å². The van der Waals surface area contributed by atoms with Crippen LogP contribution in [0.1, 0.15) is 16.1 Å². The Morgan fingerprint density at radius 3 is 2.58 bits per heavy atom. The molecular formula is C13H13N3O2S. The predicted molar refractivity (Wildman–Crippen MR) is 74.9 cm³/mol. The Balaban J connectivity index is 2.05. The van der Waals surface area contributed by atoms with E-state index >= 15 is 0 Å². The molecule has 0 aliphatic rings. The van der Waals surface area contributed by atoms with E-state index in [1.807, 2.05) is 30.3 Å². The lowest BCUT2D eigenvalue weighted by atomic mass is 10.2. The van der Waals surface area contributed by atoms with Gasteiger partial charge in [-0.25, -0.2) is 0 Å². The molecule has 0 bridgehead atoms. The van der Waals surface area contributed by atoms with Crippen LogP contribution in [0, 0.1) is 0 Å². The van der Waals surface area contributed by atoms with Gasteiger partial charge in [0.05, 0.1) is 12.8 Å². The quantitative estimate of drug-likeness (QED) is 0.658. The van der Waals surface area contributed by atoms with Crippen LogP contribution >= 0.6 is 12.2 Å². The fourth-order valence-electron chi connectivity index (χ4n) is 1.52. The van der Waals surface area contributed by atoms with Crippen molar-refractivity contribution in [3.8, 4) is 0 Å². The summed E-state index contributed by atoms with van der Waals surface area (Å²) < 4.78 is 5.00. The topological polar surface area (TPSA) is 71.5 Å². The van der Waals surface area contributed by atoms with Gasteiger partial charge in [-0.2, -0.15) is 0 Å². The maximum Gasteiger partial charge on any atom is 0.305 e. The fraction of sp³-hybridized carbons (Fsp3) is 0.0769. The summed E-state index contributed by atoms with van der Waals surface area (Å²) in [4.78, 5) is 11.8. The van der Waals surface area contributed by atoms with E-state index in [1.165, 1.54) is 11.3 Å². The van der Waals surface area contributed by atoms with Crippen LogP contribution in [0.5, 0.6) is 0 Å². The Morgan fingerprint density at radius 1 is 1.26 bits per heavy atom. The smallest absolute Gasteiger partial charge is 0.305 e. The van der Waals surface area contributed by atoms with Gasteiger partial charge in [0.2, 0.25) is 0 Å². The molecule has 98 valence electrons. The highest BCUT2D eigenvalue weighted by atomic mass is 32.1. The highest BCUT2D eigenvalue weighted by molar-refractivity contribution is 7.80. The third-order valence-corrected chi connectivity index (χ3v) is 2.65. The number of amides is 1. The lowest BCUT2D eigenvalue weighted by molar-refractivity contribution is 0.0837. The molecule has 0 aliphatic carbocycles. The van der Waals surface area contributed by atoms with Crippen LogP contribution in [-0.2, 0) is 6.54 Å². The molecule has 19 heavy (non-hydrogen) atoms. The third kappa shape index (κ3) is 3.56. The van der Waals surface area contributed by atoms with Gasteiger partial charge in [0.15, 0.2) is 10.9 Å². The number of thiocarbonyl (C=S) groups is 1. The second-order valence-corrected chi connectivity index (χ2v) is 4.25. The average molecular weight is 275 g/mol. The van der Waals surface area contributed by atoms with Crippen LogP contribution in [0.15, 0.2) is 53.1 Å². The zero-order chi connectivity index (χ0) is 13.7. The van der Waals surface area contributed by atoms with Gasteiger partial charge in [0, 0.05) is 0 Å². The van der Waals surface area contributed by atoms with Gasteiger partial charge in [0.25, 0.3) is 0 Å². The molecule has 3 N–H and O–H groups in total. The van der Waals surface area contributed by atoms with Gasteiger partial charge in [-0.15, -0.1) is 0 Å². The SMILES string of the molecule is NC(=S)N(Cc1ccccc1)NC(=O)c1ccco1. The van der Waals surface area contributed by atoms with Gasteiger partial charge >= 0.3 is 5.91 Å². The maximum atomic E-state index is 11.8. The summed E-state index contributed by atoms with van der Waals surface area (Å²) in [7, 11) is 0. The van der Waals surface area contributed by atoms with Crippen molar-refractivity contribution in [2.24, 2.45) is 5.73 Å². The molecule has 2 rings (SSSR count). The van der Waals surface area contributed by atoms with Crippen molar-refractivity contribution in [1.29, 1.82) is 0 Å². The second kappa shape index (κ2) is 6.01. The Kier molecular flexibility index (Phi) is 4.15. The van der Waals surface area contributed by atoms with E-state index in [0.29, 0.717) is 6.54 Å². The van der Waals surface area contributed by atoms with Crippen LogP contribution in [0.4, 0.5) is 0 Å². The van der Waals surface area contributed by atoms with E-state index in [2.05, 4.69) is 5.43 Å². The number of nitrogens with zero attached hydrogens (tertiary/aromatic N) is 1. The summed E-state index contributed by atoms with van der Waals surface area (Å²) in [5.74, 6) is -0.192. The summed E-state index contributed by atoms with van der Waals surface area (Å²) in [6.07, 6.45) is 1.43. The first-order valence-electron chi connectivity index (χ1n) is 5.62. The van der Waals surface area contributed by atoms with Gasteiger partial charge in [0.1, 0.15) is 0 Å². The Hall–Kier alpha value is -2.34. The molecule has 5 nitrogen and oxygen atoms in total. The third-order valence-electron chi connectivity index (χ3n) is 2.43. The van der Waals surface area contributed by atoms with E-state index < -0.39 is 5.91 Å². The number of hydrogen-bond donors (Lipinski definition) is 2. The average Bonchev–Trinajstić information content (AvgIpc) is 2.93. The lowest BCUT2D eigenvalue weighted by Crippen LogP contribution is -2.48. The zero-order valence-corrected chi connectivity index (χ0v) is 10.9. The number of rotatable bonds is 3. The summed E-state index contributed by atoms with van der Waals surface area (Å²) in [5.41, 5.74) is 9.18. The number of carbonyl (C=O) groups is 1. The maximum absolute atomic E-state index is 11.8. The largest absolute Gasteiger partial charge is 0.459 e. The van der Waals surface area contributed by atoms with Crippen molar-refractivity contribution in [3.63, 3.8) is 0 Å². The van der Waals surface area contributed by atoms with Crippen LogP contribution in [0.2, 0.25) is 0 Å². The number of furan rings is 1. The summed E-state index contributed by atoms with van der Waals surface area (Å²) in [5, 5.41) is 1.49. The van der Waals surface area contributed by atoms with E-state index in [0.717, 1.165) is 5.56 Å². The number of benzene rings is 1. The fourth-order valence-corrected chi connectivity index (χ4v) is 1.63. The molecule has 1 aromatic carbocycles. The number of hydrazine groups is 1. The van der Waals surface area contributed by atoms with Crippen LogP contribution < -0.4 is 11.2 Å². The first-order chi connectivity index (χ1) is 9.16. The number of nitrogens with one attached hydrogen (secondary N) is 1. The molecule has 1 amide bonds. The zero-order valence-electron chi connectivity index (χ0n) is 10.1. The molecular weight excluding hydrogens is 262 g/mol. The normalized spacial score (nSPS) is 9.89. The van der Waals surface area contributed by atoms with Crippen molar-refractivity contribution in [1.82, 2.24) is 10.4 Å². The molecule has 0 atom stereocenters. The first-order valence-corrected chi connectivity index (χ1v) is 6.03. The first kappa shape index (κ1) is 13.1. The van der Waals surface area contributed by atoms with Gasteiger partial charge in [-0.1, -0.05) is 30.3 Å². The lowest BCUT2D eigenvalue weighted by Gasteiger charge is -2.22. The molecule has 0 saturated heterocycles. The monoisotopic (exact) mass is 275 g/mol. The molecule has 2 aromatic rings. The summed E-state index contributed by atoms with van der Waals surface area (Å²) >= 11 is 4.92. The highest BCUT2D eigenvalue weighted by Crippen LogP contribution is 2.04. The minimum atomic E-state index is -0.395. The van der Waals surface area contributed by atoms with Crippen LogP contribution in [-0.4, -0.2) is 16.0 Å². The van der Waals surface area contributed by atoms with Gasteiger partial charge in [-0.05, 0) is 29.9 Å². The molecule has 0 fully saturated rings. The molecule has 6 heteroatoms. The van der Waals surface area contributed by atoms with E-state index in [9.17, 15) is 4.79 Å². The van der Waals surface area contributed by atoms with E-state index in [-0.39, 0.29) is 10.9 Å². The van der Waals surface area contributed by atoms with E-state index in [1.54, 1.807) is 12.1 Å². The van der Waals surface area contributed by atoms with Gasteiger partial charge in [-0.3, -0.25) is 15.2 Å². The summed E-state index contributed by atoms with van der Waals surface area (Å²) in [6.45, 7) is 0.391. The van der Waals surface area contributed by atoms with Gasteiger partial charge < -0.3 is 10.2 Å². The molecule has 0 saturated carbocycles. The van der Waals surface area contributed by atoms with E-state index in [4.69, 9.17) is 22.4 Å². The molecule has 0 spiro atoms. The van der Waals surface area contributed by atoms with Crippen molar-refractivity contribution >= 4 is 23.2 Å². The Morgan fingerprint density at radius 2 is 2.00 bits per heavy atom. The molecule has 0 aliphatic heterocycles. The Bertz CT molecular complexity index is 555. The molecule has 0 radical (unpaired) electrons. The summed E-state index contributed by atoms with van der Waals surface area (Å²) in [6, 6.07) is 12.8. The predicted octanol–water partition coefficient (Wildman–Crippen LogP) is 1.67. The van der Waals surface area contributed by atoms with Crippen LogP contribution in [0.3, 0.4) is 0 Å². The standard InChI is InChI=1S/C13H13N3O2S/c14-13(19)16(9-10-5-2-1-3-6-10)15-12(17)11-7-4-8-18-11/h1-8H,9H2,(H2,14,19)(H,15,17). The Labute approximate surface area is 116 Å². The minimum Gasteiger partial charge on any atom is -0.459 e. The number of hydrogen-bond acceptors (Lipinski definition) is 3. The molecule has 1 aromatic heterocycles. The van der Waals surface area contributed by atoms with Crippen molar-refractivity contribution in [2.75, 3.05) is 0 Å². The molecule has 1 heterocycles. The second-order valence-electron chi connectivity index (χ2n) is 3.83. The minimum absolute atomic E-state index is 0.0868.